The van der Waals surface area contributed by atoms with Crippen molar-refractivity contribution in [3.63, 3.8) is 0 Å². The lowest BCUT2D eigenvalue weighted by Crippen LogP contribution is -2.62. The number of aromatic amines is 1. The van der Waals surface area contributed by atoms with Crippen LogP contribution in [0.25, 0.3) is 10.9 Å². The maximum atomic E-state index is 14.2. The molecule has 1 aromatic heterocycles. The highest BCUT2D eigenvalue weighted by Gasteiger charge is 2.48. The molecular weight excluding hydrogens is 472 g/mol. The van der Waals surface area contributed by atoms with Gasteiger partial charge in [-0.15, -0.1) is 0 Å². The topological polar surface area (TPSA) is 59.6 Å². The molecule has 1 saturated heterocycles. The van der Waals surface area contributed by atoms with E-state index in [9.17, 15) is 9.59 Å². The third kappa shape index (κ3) is 5.16. The van der Waals surface area contributed by atoms with Crippen LogP contribution in [0.3, 0.4) is 0 Å². The maximum Gasteiger partial charge on any atom is 0.253 e. The number of nitrogens with zero attached hydrogens (tertiary/aromatic N) is 3. The molecule has 38 heavy (non-hydrogen) atoms. The molecule has 3 fully saturated rings. The standard InChI is InChI=1S/C32H40N4O2/c1-34-16-18-36(19-17-34)32(14-8-3-9-15-32)23-35(31(38)28-21-27(28)24-10-4-2-5-11-24)22-26-20-25-12-6-7-13-29(25)33-30(26)37/h2,4-7,10-13,20,27-28H,3,8-9,14-19,21-23H2,1H3,(H,33,37)/t27-,28+/m1/s1. The highest BCUT2D eigenvalue weighted by Crippen LogP contribution is 2.49. The molecule has 3 aromatic rings. The van der Waals surface area contributed by atoms with E-state index in [-0.39, 0.29) is 28.8 Å². The number of rotatable bonds is 7. The van der Waals surface area contributed by atoms with Gasteiger partial charge in [0.15, 0.2) is 0 Å². The number of pyridine rings is 1. The summed E-state index contributed by atoms with van der Waals surface area (Å²) in [6.45, 7) is 5.31. The van der Waals surface area contributed by atoms with E-state index >= 15 is 0 Å². The molecule has 0 radical (unpaired) electrons. The van der Waals surface area contributed by atoms with Crippen molar-refractivity contribution in [2.75, 3.05) is 39.8 Å². The van der Waals surface area contributed by atoms with E-state index < -0.39 is 0 Å². The number of hydrogen-bond acceptors (Lipinski definition) is 4. The number of carbonyl (C=O) groups is 1. The zero-order valence-electron chi connectivity index (χ0n) is 22.6. The Bertz CT molecular complexity index is 1320. The minimum atomic E-state index is -0.0887. The van der Waals surface area contributed by atoms with Crippen molar-refractivity contribution in [3.05, 3.63) is 82.1 Å². The van der Waals surface area contributed by atoms with Crippen molar-refractivity contribution in [2.24, 2.45) is 5.92 Å². The van der Waals surface area contributed by atoms with Crippen molar-refractivity contribution in [2.45, 2.75) is 56.5 Å². The van der Waals surface area contributed by atoms with Crippen LogP contribution < -0.4 is 5.56 Å². The van der Waals surface area contributed by atoms with Gasteiger partial charge < -0.3 is 14.8 Å². The zero-order chi connectivity index (χ0) is 26.1. The third-order valence-electron chi connectivity index (χ3n) is 9.28. The number of aromatic nitrogens is 1. The van der Waals surface area contributed by atoms with Crippen LogP contribution >= 0.6 is 0 Å². The molecule has 2 atom stereocenters. The average Bonchev–Trinajstić information content (AvgIpc) is 3.75. The summed E-state index contributed by atoms with van der Waals surface area (Å²) in [5.41, 5.74) is 2.68. The zero-order valence-corrected chi connectivity index (χ0v) is 22.6. The predicted molar refractivity (Wildman–Crippen MR) is 152 cm³/mol. The van der Waals surface area contributed by atoms with Crippen molar-refractivity contribution >= 4 is 16.8 Å². The van der Waals surface area contributed by atoms with Crippen LogP contribution in [0, 0.1) is 5.92 Å². The SMILES string of the molecule is CN1CCN(C2(CN(Cc3cc4ccccc4[nH]c3=O)C(=O)[C@H]3C[C@@H]3c3ccccc3)CCCCC2)CC1. The molecule has 2 aliphatic carbocycles. The van der Waals surface area contributed by atoms with Crippen LogP contribution in [-0.2, 0) is 11.3 Å². The number of carbonyl (C=O) groups excluding carboxylic acids is 1. The van der Waals surface area contributed by atoms with Gasteiger partial charge in [-0.25, -0.2) is 0 Å². The number of hydrogen-bond donors (Lipinski definition) is 1. The molecule has 0 spiro atoms. The van der Waals surface area contributed by atoms with Crippen LogP contribution in [0.15, 0.2) is 65.5 Å². The lowest BCUT2D eigenvalue weighted by atomic mass is 9.79. The smallest absolute Gasteiger partial charge is 0.253 e. The van der Waals surface area contributed by atoms with Gasteiger partial charge in [0.05, 0.1) is 6.54 Å². The fraction of sp³-hybridized carbons (Fsp3) is 0.500. The first-order chi connectivity index (χ1) is 18.5. The van der Waals surface area contributed by atoms with Crippen LogP contribution in [0.5, 0.6) is 0 Å². The number of amides is 1. The molecule has 2 aromatic carbocycles. The van der Waals surface area contributed by atoms with Gasteiger partial charge >= 0.3 is 0 Å². The Hall–Kier alpha value is -2.96. The quantitative estimate of drug-likeness (QED) is 0.502. The molecule has 3 aliphatic rings. The second kappa shape index (κ2) is 10.7. The molecule has 2 heterocycles. The predicted octanol–water partition coefficient (Wildman–Crippen LogP) is 4.61. The van der Waals surface area contributed by atoms with Crippen LogP contribution in [0.4, 0.5) is 0 Å². The first-order valence-corrected chi connectivity index (χ1v) is 14.4. The molecule has 6 nitrogen and oxygen atoms in total. The maximum absolute atomic E-state index is 14.2. The molecule has 1 aliphatic heterocycles. The summed E-state index contributed by atoms with van der Waals surface area (Å²) in [7, 11) is 2.20. The highest BCUT2D eigenvalue weighted by atomic mass is 16.2. The number of nitrogens with one attached hydrogen (secondary N) is 1. The lowest BCUT2D eigenvalue weighted by molar-refractivity contribution is -0.136. The van der Waals surface area contributed by atoms with Crippen molar-refractivity contribution < 1.29 is 4.79 Å². The Morgan fingerprint density at radius 2 is 1.68 bits per heavy atom. The number of fused-ring (bicyclic) bond motifs is 1. The number of benzene rings is 2. The Balaban J connectivity index is 1.31. The summed E-state index contributed by atoms with van der Waals surface area (Å²) >= 11 is 0. The van der Waals surface area contributed by atoms with E-state index in [2.05, 4.69) is 51.0 Å². The normalized spacial score (nSPS) is 23.8. The Labute approximate surface area is 225 Å². The molecule has 1 N–H and O–H groups in total. The van der Waals surface area contributed by atoms with Gasteiger partial charge in [0.1, 0.15) is 0 Å². The number of para-hydroxylation sites is 1. The molecule has 200 valence electrons. The van der Waals surface area contributed by atoms with E-state index in [1.54, 1.807) is 0 Å². The lowest BCUT2D eigenvalue weighted by Gasteiger charge is -2.51. The number of likely N-dealkylation sites (N-methyl/N-ethyl adjacent to an activating group) is 1. The summed E-state index contributed by atoms with van der Waals surface area (Å²) in [5, 5.41) is 1.01. The van der Waals surface area contributed by atoms with E-state index in [4.69, 9.17) is 0 Å². The van der Waals surface area contributed by atoms with E-state index in [0.717, 1.165) is 56.3 Å². The van der Waals surface area contributed by atoms with Gasteiger partial charge in [-0.05, 0) is 55.3 Å². The molecule has 0 bridgehead atoms. The highest BCUT2D eigenvalue weighted by molar-refractivity contribution is 5.83. The monoisotopic (exact) mass is 512 g/mol. The van der Waals surface area contributed by atoms with Gasteiger partial charge in [-0.1, -0.05) is 67.8 Å². The van der Waals surface area contributed by atoms with Crippen molar-refractivity contribution in [1.29, 1.82) is 0 Å². The third-order valence-corrected chi connectivity index (χ3v) is 9.28. The minimum absolute atomic E-state index is 0.00405. The van der Waals surface area contributed by atoms with Gasteiger partial charge in [0.25, 0.3) is 5.56 Å². The summed E-state index contributed by atoms with van der Waals surface area (Å²) in [4.78, 5) is 37.6. The van der Waals surface area contributed by atoms with Crippen molar-refractivity contribution in [3.8, 4) is 0 Å². The molecule has 6 heteroatoms. The second-order valence-electron chi connectivity index (χ2n) is 11.8. The van der Waals surface area contributed by atoms with Gasteiger partial charge in [0, 0.05) is 55.3 Å². The first kappa shape index (κ1) is 25.3. The number of piperazine rings is 1. The van der Waals surface area contributed by atoms with Gasteiger partial charge in [-0.2, -0.15) is 0 Å². The molecule has 0 unspecified atom stereocenters. The van der Waals surface area contributed by atoms with E-state index in [0.29, 0.717) is 18.7 Å². The van der Waals surface area contributed by atoms with E-state index in [1.165, 1.54) is 24.8 Å². The molecule has 6 rings (SSSR count). The van der Waals surface area contributed by atoms with Crippen molar-refractivity contribution in [1.82, 2.24) is 19.7 Å². The molecular formula is C32H40N4O2. The van der Waals surface area contributed by atoms with Crippen LogP contribution in [0.2, 0.25) is 0 Å². The second-order valence-corrected chi connectivity index (χ2v) is 11.8. The van der Waals surface area contributed by atoms with Crippen LogP contribution in [-0.4, -0.2) is 70.9 Å². The molecule has 2 saturated carbocycles. The van der Waals surface area contributed by atoms with E-state index in [1.807, 2.05) is 36.4 Å². The summed E-state index contributed by atoms with van der Waals surface area (Å²) in [5.74, 6) is 0.502. The fourth-order valence-corrected chi connectivity index (χ4v) is 6.92. The van der Waals surface area contributed by atoms with Crippen LogP contribution in [0.1, 0.15) is 55.6 Å². The van der Waals surface area contributed by atoms with Gasteiger partial charge in [0.2, 0.25) is 5.91 Å². The molecule has 1 amide bonds. The van der Waals surface area contributed by atoms with Gasteiger partial charge in [-0.3, -0.25) is 14.5 Å². The minimum Gasteiger partial charge on any atom is -0.336 e. The summed E-state index contributed by atoms with van der Waals surface area (Å²) in [6.07, 6.45) is 6.84. The Morgan fingerprint density at radius 1 is 0.974 bits per heavy atom. The Morgan fingerprint density at radius 3 is 2.45 bits per heavy atom. The first-order valence-electron chi connectivity index (χ1n) is 14.4. The Kier molecular flexibility index (Phi) is 7.10. The number of H-pyrrole nitrogens is 1. The fourth-order valence-electron chi connectivity index (χ4n) is 6.92. The summed E-state index contributed by atoms with van der Waals surface area (Å²) < 4.78 is 0. The summed E-state index contributed by atoms with van der Waals surface area (Å²) in [6, 6.07) is 20.3. The largest absolute Gasteiger partial charge is 0.336 e. The average molecular weight is 513 g/mol.